The molecule has 0 saturated heterocycles. The summed E-state index contributed by atoms with van der Waals surface area (Å²) in [6.45, 7) is 7.49. The van der Waals surface area contributed by atoms with Gasteiger partial charge in [0, 0.05) is 5.41 Å². The number of esters is 1. The van der Waals surface area contributed by atoms with Crippen LogP contribution < -0.4 is 0 Å². The summed E-state index contributed by atoms with van der Waals surface area (Å²) in [5.41, 5.74) is -1.10. The molecule has 0 spiro atoms. The summed E-state index contributed by atoms with van der Waals surface area (Å²) in [5, 5.41) is 0. The lowest BCUT2D eigenvalue weighted by atomic mass is 9.85. The highest BCUT2D eigenvalue weighted by Crippen LogP contribution is 2.66. The van der Waals surface area contributed by atoms with Gasteiger partial charge in [-0.05, 0) is 39.2 Å². The maximum atomic E-state index is 12.7. The number of hydrogen-bond acceptors (Lipinski definition) is 3. The van der Waals surface area contributed by atoms with E-state index >= 15 is 0 Å². The third kappa shape index (κ3) is 2.15. The summed E-state index contributed by atoms with van der Waals surface area (Å²) in [6.07, 6.45) is 2.12. The van der Waals surface area contributed by atoms with Crippen LogP contribution in [0.25, 0.3) is 0 Å². The number of rotatable bonds is 4. The van der Waals surface area contributed by atoms with E-state index < -0.39 is 16.4 Å². The van der Waals surface area contributed by atoms with E-state index in [1.54, 1.807) is 0 Å². The summed E-state index contributed by atoms with van der Waals surface area (Å²) in [5.74, 6) is -0.287. The van der Waals surface area contributed by atoms with Crippen molar-refractivity contribution in [1.29, 1.82) is 0 Å². The Morgan fingerprint density at radius 1 is 1.30 bits per heavy atom. The van der Waals surface area contributed by atoms with Gasteiger partial charge in [-0.25, -0.2) is 0 Å². The molecule has 108 valence electrons. The van der Waals surface area contributed by atoms with Crippen LogP contribution in [0.2, 0.25) is 0 Å². The van der Waals surface area contributed by atoms with Gasteiger partial charge in [0.1, 0.15) is 17.3 Å². The van der Waals surface area contributed by atoms with Crippen molar-refractivity contribution < 1.29 is 14.3 Å². The Kier molecular flexibility index (Phi) is 3.49. The first-order valence-corrected chi connectivity index (χ1v) is 7.07. The topological polar surface area (TPSA) is 43.4 Å². The van der Waals surface area contributed by atoms with Crippen molar-refractivity contribution in [3.8, 4) is 0 Å². The van der Waals surface area contributed by atoms with Crippen molar-refractivity contribution in [2.75, 3.05) is 0 Å². The molecule has 2 atom stereocenters. The summed E-state index contributed by atoms with van der Waals surface area (Å²) in [7, 11) is 0. The Morgan fingerprint density at radius 2 is 1.90 bits per heavy atom. The lowest BCUT2D eigenvalue weighted by Gasteiger charge is -2.26. The second-order valence-corrected chi connectivity index (χ2v) is 6.58. The summed E-state index contributed by atoms with van der Waals surface area (Å²) >= 11 is 0. The molecule has 0 N–H and O–H groups in total. The molecule has 0 aromatic heterocycles. The summed E-state index contributed by atoms with van der Waals surface area (Å²) in [6, 6.07) is 9.51. The molecule has 20 heavy (non-hydrogen) atoms. The van der Waals surface area contributed by atoms with Gasteiger partial charge in [0.2, 0.25) is 0 Å². The number of aldehydes is 1. The van der Waals surface area contributed by atoms with Crippen LogP contribution in [-0.2, 0) is 19.7 Å². The van der Waals surface area contributed by atoms with Gasteiger partial charge < -0.3 is 9.53 Å². The van der Waals surface area contributed by atoms with Crippen LogP contribution in [0.3, 0.4) is 0 Å². The fourth-order valence-electron chi connectivity index (χ4n) is 2.95. The first kappa shape index (κ1) is 14.8. The van der Waals surface area contributed by atoms with Crippen LogP contribution in [0.15, 0.2) is 30.3 Å². The average Bonchev–Trinajstić information content (AvgIpc) is 3.09. The molecule has 0 bridgehead atoms. The zero-order valence-corrected chi connectivity index (χ0v) is 12.6. The normalized spacial score (nSPS) is 28.8. The summed E-state index contributed by atoms with van der Waals surface area (Å²) in [4.78, 5) is 24.3. The molecule has 1 fully saturated rings. The fourth-order valence-corrected chi connectivity index (χ4v) is 2.95. The Hall–Kier alpha value is -1.64. The van der Waals surface area contributed by atoms with Gasteiger partial charge in [-0.3, -0.25) is 4.79 Å². The van der Waals surface area contributed by atoms with E-state index in [1.807, 2.05) is 58.0 Å². The first-order chi connectivity index (χ1) is 9.31. The van der Waals surface area contributed by atoms with E-state index in [4.69, 9.17) is 4.74 Å². The molecule has 1 saturated carbocycles. The molecule has 0 amide bonds. The van der Waals surface area contributed by atoms with Crippen LogP contribution in [0.4, 0.5) is 0 Å². The number of hydrogen-bond donors (Lipinski definition) is 0. The third-order valence-electron chi connectivity index (χ3n) is 4.18. The van der Waals surface area contributed by atoms with Crippen molar-refractivity contribution in [2.24, 2.45) is 5.41 Å². The van der Waals surface area contributed by atoms with Gasteiger partial charge in [-0.2, -0.15) is 0 Å². The van der Waals surface area contributed by atoms with E-state index in [9.17, 15) is 9.59 Å². The largest absolute Gasteiger partial charge is 0.459 e. The van der Waals surface area contributed by atoms with Crippen molar-refractivity contribution in [1.82, 2.24) is 0 Å². The molecule has 0 radical (unpaired) electrons. The standard InChI is InChI=1S/C17H22O3/c1-5-16(12-18)11-17(16,13-9-7-6-8-10-13)14(19)20-15(2,3)4/h6-10,12H,5,11H2,1-4H3/t16-,17+/m1/s1. The molecular formula is C17H22O3. The van der Waals surface area contributed by atoms with Crippen LogP contribution >= 0.6 is 0 Å². The Morgan fingerprint density at radius 3 is 2.30 bits per heavy atom. The molecule has 0 aliphatic heterocycles. The highest BCUT2D eigenvalue weighted by molar-refractivity contribution is 5.95. The molecular weight excluding hydrogens is 252 g/mol. The van der Waals surface area contributed by atoms with E-state index in [0.717, 1.165) is 11.8 Å². The van der Waals surface area contributed by atoms with Crippen LogP contribution in [0, 0.1) is 5.41 Å². The molecule has 0 heterocycles. The third-order valence-corrected chi connectivity index (χ3v) is 4.18. The van der Waals surface area contributed by atoms with Crippen LogP contribution in [0.1, 0.15) is 46.1 Å². The zero-order valence-electron chi connectivity index (χ0n) is 12.6. The van der Waals surface area contributed by atoms with E-state index in [-0.39, 0.29) is 5.97 Å². The smallest absolute Gasteiger partial charge is 0.318 e. The first-order valence-electron chi connectivity index (χ1n) is 7.07. The highest BCUT2D eigenvalue weighted by atomic mass is 16.6. The minimum Gasteiger partial charge on any atom is -0.459 e. The van der Waals surface area contributed by atoms with Crippen LogP contribution in [-0.4, -0.2) is 17.9 Å². The molecule has 3 nitrogen and oxygen atoms in total. The second kappa shape index (κ2) is 4.72. The molecule has 1 aliphatic rings. The Balaban J connectivity index is 2.44. The van der Waals surface area contributed by atoms with Gasteiger partial charge in [-0.15, -0.1) is 0 Å². The van der Waals surface area contributed by atoms with Crippen molar-refractivity contribution in [3.63, 3.8) is 0 Å². The molecule has 3 heteroatoms. The number of carbonyl (C=O) groups excluding carboxylic acids is 2. The molecule has 1 aliphatic carbocycles. The van der Waals surface area contributed by atoms with Gasteiger partial charge in [0.15, 0.2) is 0 Å². The fraction of sp³-hybridized carbons (Fsp3) is 0.529. The predicted octanol–water partition coefficient (Wildman–Crippen LogP) is 3.27. The van der Waals surface area contributed by atoms with Gasteiger partial charge in [0.25, 0.3) is 0 Å². The number of carbonyl (C=O) groups is 2. The minimum absolute atomic E-state index is 0.287. The van der Waals surface area contributed by atoms with Gasteiger partial charge >= 0.3 is 5.97 Å². The molecule has 1 aromatic carbocycles. The van der Waals surface area contributed by atoms with Gasteiger partial charge in [-0.1, -0.05) is 37.3 Å². The number of ether oxygens (including phenoxy) is 1. The SMILES string of the molecule is CC[C@]1(C=O)C[C@@]1(C(=O)OC(C)(C)C)c1ccccc1. The van der Waals surface area contributed by atoms with Crippen LogP contribution in [0.5, 0.6) is 0 Å². The molecule has 2 rings (SSSR count). The summed E-state index contributed by atoms with van der Waals surface area (Å²) < 4.78 is 5.58. The van der Waals surface area contributed by atoms with Crippen molar-refractivity contribution in [2.45, 2.75) is 51.6 Å². The zero-order chi connectivity index (χ0) is 15.0. The van der Waals surface area contributed by atoms with Gasteiger partial charge in [0.05, 0.1) is 0 Å². The molecule has 0 unspecified atom stereocenters. The second-order valence-electron chi connectivity index (χ2n) is 6.58. The minimum atomic E-state index is -0.808. The Bertz CT molecular complexity index is 515. The lowest BCUT2D eigenvalue weighted by molar-refractivity contribution is -0.160. The Labute approximate surface area is 120 Å². The number of benzene rings is 1. The maximum absolute atomic E-state index is 12.7. The molecule has 1 aromatic rings. The van der Waals surface area contributed by atoms with Crippen molar-refractivity contribution >= 4 is 12.3 Å². The van der Waals surface area contributed by atoms with E-state index in [1.165, 1.54) is 0 Å². The lowest BCUT2D eigenvalue weighted by Crippen LogP contribution is -2.36. The average molecular weight is 274 g/mol. The monoisotopic (exact) mass is 274 g/mol. The quantitative estimate of drug-likeness (QED) is 0.625. The maximum Gasteiger partial charge on any atom is 0.318 e. The predicted molar refractivity (Wildman–Crippen MR) is 77.4 cm³/mol. The van der Waals surface area contributed by atoms with Crippen molar-refractivity contribution in [3.05, 3.63) is 35.9 Å². The van der Waals surface area contributed by atoms with E-state index in [0.29, 0.717) is 12.8 Å². The highest BCUT2D eigenvalue weighted by Gasteiger charge is 2.73. The van der Waals surface area contributed by atoms with E-state index in [2.05, 4.69) is 0 Å².